The summed E-state index contributed by atoms with van der Waals surface area (Å²) in [6, 6.07) is 15.4. The number of carbonyl (C=O) groups excluding carboxylic acids is 2. The third kappa shape index (κ3) is 4.34. The van der Waals surface area contributed by atoms with E-state index in [1.807, 2.05) is 61.7 Å². The van der Waals surface area contributed by atoms with Crippen LogP contribution in [0.5, 0.6) is 0 Å². The fourth-order valence-electron chi connectivity index (χ4n) is 2.86. The number of hydrogen-bond acceptors (Lipinski definition) is 3. The number of fused-ring (bicyclic) bond motifs is 1. The van der Waals surface area contributed by atoms with Crippen molar-refractivity contribution in [2.24, 2.45) is 5.92 Å². The number of anilines is 2. The predicted molar refractivity (Wildman–Crippen MR) is 110 cm³/mol. The molecule has 138 valence electrons. The molecule has 1 aliphatic rings. The van der Waals surface area contributed by atoms with Crippen LogP contribution in [0.15, 0.2) is 59.6 Å². The molecule has 1 fully saturated rings. The number of benzene rings is 2. The van der Waals surface area contributed by atoms with Gasteiger partial charge in [-0.25, -0.2) is 0 Å². The second-order valence-electron chi connectivity index (χ2n) is 6.82. The van der Waals surface area contributed by atoms with Crippen molar-refractivity contribution in [1.29, 1.82) is 0 Å². The van der Waals surface area contributed by atoms with E-state index in [0.29, 0.717) is 0 Å². The Bertz CT molecular complexity index is 994. The van der Waals surface area contributed by atoms with Crippen LogP contribution in [0.3, 0.4) is 0 Å². The molecular weight excluding hydrogens is 358 g/mol. The van der Waals surface area contributed by atoms with Crippen molar-refractivity contribution >= 4 is 45.9 Å². The minimum atomic E-state index is -0.265. The highest BCUT2D eigenvalue weighted by atomic mass is 32.2. The summed E-state index contributed by atoms with van der Waals surface area (Å²) in [6.07, 6.45) is 3.83. The highest BCUT2D eigenvalue weighted by molar-refractivity contribution is 8.00. The largest absolute Gasteiger partial charge is 0.361 e. The predicted octanol–water partition coefficient (Wildman–Crippen LogP) is 4.64. The molecule has 0 saturated heterocycles. The van der Waals surface area contributed by atoms with E-state index < -0.39 is 0 Å². The van der Waals surface area contributed by atoms with Gasteiger partial charge in [0, 0.05) is 33.9 Å². The Balaban J connectivity index is 1.38. The van der Waals surface area contributed by atoms with Gasteiger partial charge in [-0.2, -0.15) is 0 Å². The summed E-state index contributed by atoms with van der Waals surface area (Å²) in [5.74, 6) is 0.198. The molecule has 0 spiro atoms. The van der Waals surface area contributed by atoms with Crippen molar-refractivity contribution in [3.63, 3.8) is 0 Å². The lowest BCUT2D eigenvalue weighted by Gasteiger charge is -2.13. The van der Waals surface area contributed by atoms with E-state index in [1.165, 1.54) is 11.8 Å². The number of aromatic nitrogens is 1. The zero-order valence-corrected chi connectivity index (χ0v) is 15.8. The maximum Gasteiger partial charge on any atom is 0.237 e. The van der Waals surface area contributed by atoms with E-state index >= 15 is 0 Å². The summed E-state index contributed by atoms with van der Waals surface area (Å²) in [7, 11) is 0. The molecule has 27 heavy (non-hydrogen) atoms. The first-order valence-corrected chi connectivity index (χ1v) is 9.92. The molecule has 1 aliphatic carbocycles. The number of nitrogens with one attached hydrogen (secondary N) is 3. The van der Waals surface area contributed by atoms with Crippen LogP contribution < -0.4 is 10.6 Å². The molecule has 0 aliphatic heterocycles. The molecular formula is C21H21N3O2S. The summed E-state index contributed by atoms with van der Waals surface area (Å²) < 4.78 is 0. The Morgan fingerprint density at radius 2 is 1.89 bits per heavy atom. The van der Waals surface area contributed by atoms with E-state index in [0.717, 1.165) is 40.0 Å². The van der Waals surface area contributed by atoms with Gasteiger partial charge in [0.1, 0.15) is 0 Å². The lowest BCUT2D eigenvalue weighted by molar-refractivity contribution is -0.117. The monoisotopic (exact) mass is 379 g/mol. The van der Waals surface area contributed by atoms with Crippen LogP contribution in [0.4, 0.5) is 11.4 Å². The minimum Gasteiger partial charge on any atom is -0.361 e. The van der Waals surface area contributed by atoms with Crippen LogP contribution in [0.2, 0.25) is 0 Å². The van der Waals surface area contributed by atoms with E-state index in [-0.39, 0.29) is 23.0 Å². The lowest BCUT2D eigenvalue weighted by Crippen LogP contribution is -2.22. The van der Waals surface area contributed by atoms with Crippen LogP contribution >= 0.6 is 11.8 Å². The fraction of sp³-hybridized carbons (Fsp3) is 0.238. The SMILES string of the molecule is CC(Sc1cccc(NC(=O)C2CC2)c1)C(=O)Nc1ccc2cc[nH]c2c1. The van der Waals surface area contributed by atoms with E-state index in [2.05, 4.69) is 15.6 Å². The first kappa shape index (κ1) is 17.7. The Hall–Kier alpha value is -2.73. The third-order valence-corrected chi connectivity index (χ3v) is 5.65. The molecule has 3 aromatic rings. The number of rotatable bonds is 6. The van der Waals surface area contributed by atoms with Crippen molar-refractivity contribution < 1.29 is 9.59 Å². The van der Waals surface area contributed by atoms with Gasteiger partial charge in [-0.3, -0.25) is 9.59 Å². The van der Waals surface area contributed by atoms with Gasteiger partial charge in [0.25, 0.3) is 0 Å². The first-order valence-electron chi connectivity index (χ1n) is 9.04. The zero-order chi connectivity index (χ0) is 18.8. The summed E-state index contributed by atoms with van der Waals surface area (Å²) >= 11 is 1.47. The normalized spacial score (nSPS) is 14.7. The van der Waals surface area contributed by atoms with Gasteiger partial charge in [-0.15, -0.1) is 11.8 Å². The van der Waals surface area contributed by atoms with Gasteiger partial charge >= 0.3 is 0 Å². The van der Waals surface area contributed by atoms with Crippen LogP contribution in [0.1, 0.15) is 19.8 Å². The Morgan fingerprint density at radius 3 is 2.70 bits per heavy atom. The second kappa shape index (κ2) is 7.48. The van der Waals surface area contributed by atoms with Crippen molar-refractivity contribution in [1.82, 2.24) is 4.98 Å². The molecule has 3 N–H and O–H groups in total. The third-order valence-electron chi connectivity index (χ3n) is 4.55. The molecule has 1 unspecified atom stereocenters. The van der Waals surface area contributed by atoms with Gasteiger partial charge in [0.05, 0.1) is 5.25 Å². The second-order valence-corrected chi connectivity index (χ2v) is 8.23. The van der Waals surface area contributed by atoms with Gasteiger partial charge in [-0.1, -0.05) is 12.1 Å². The average Bonchev–Trinajstić information content (AvgIpc) is 3.40. The van der Waals surface area contributed by atoms with Crippen molar-refractivity contribution in [2.45, 2.75) is 29.9 Å². The van der Waals surface area contributed by atoms with Gasteiger partial charge in [0.2, 0.25) is 11.8 Å². The molecule has 2 amide bonds. The Morgan fingerprint density at radius 1 is 1.07 bits per heavy atom. The number of hydrogen-bond donors (Lipinski definition) is 3. The number of amides is 2. The Kier molecular flexibility index (Phi) is 4.90. The topological polar surface area (TPSA) is 74.0 Å². The molecule has 6 heteroatoms. The maximum absolute atomic E-state index is 12.5. The summed E-state index contributed by atoms with van der Waals surface area (Å²) in [4.78, 5) is 28.5. The quantitative estimate of drug-likeness (QED) is 0.547. The fourth-order valence-corrected chi connectivity index (χ4v) is 3.79. The lowest BCUT2D eigenvalue weighted by atomic mass is 10.2. The van der Waals surface area contributed by atoms with Crippen molar-refractivity contribution in [2.75, 3.05) is 10.6 Å². The van der Waals surface area contributed by atoms with Crippen LogP contribution in [0.25, 0.3) is 10.9 Å². The molecule has 1 heterocycles. The molecule has 1 atom stereocenters. The summed E-state index contributed by atoms with van der Waals surface area (Å²) in [6.45, 7) is 1.88. The highest BCUT2D eigenvalue weighted by Crippen LogP contribution is 2.31. The standard InChI is InChI=1S/C21H21N3O2S/c1-13(20(25)23-17-8-7-14-9-10-22-19(14)12-17)27-18-4-2-3-16(11-18)24-21(26)15-5-6-15/h2-4,7-13,15,22H,5-6H2,1H3,(H,23,25)(H,24,26). The molecule has 2 aromatic carbocycles. The zero-order valence-electron chi connectivity index (χ0n) is 15.0. The van der Waals surface area contributed by atoms with Crippen molar-refractivity contribution in [3.05, 3.63) is 54.7 Å². The molecule has 1 saturated carbocycles. The van der Waals surface area contributed by atoms with Gasteiger partial charge < -0.3 is 15.6 Å². The van der Waals surface area contributed by atoms with E-state index in [1.54, 1.807) is 0 Å². The van der Waals surface area contributed by atoms with E-state index in [9.17, 15) is 9.59 Å². The molecule has 5 nitrogen and oxygen atoms in total. The van der Waals surface area contributed by atoms with Crippen LogP contribution in [-0.2, 0) is 9.59 Å². The van der Waals surface area contributed by atoms with Crippen LogP contribution in [-0.4, -0.2) is 22.0 Å². The number of carbonyl (C=O) groups is 2. The maximum atomic E-state index is 12.5. The number of aromatic amines is 1. The number of H-pyrrole nitrogens is 1. The number of thioether (sulfide) groups is 1. The highest BCUT2D eigenvalue weighted by Gasteiger charge is 2.29. The molecule has 4 rings (SSSR count). The molecule has 0 radical (unpaired) electrons. The Labute approximate surface area is 161 Å². The average molecular weight is 379 g/mol. The van der Waals surface area contributed by atoms with Crippen LogP contribution in [0, 0.1) is 5.92 Å². The van der Waals surface area contributed by atoms with Gasteiger partial charge in [0.15, 0.2) is 0 Å². The summed E-state index contributed by atoms with van der Waals surface area (Å²) in [5, 5.41) is 6.76. The van der Waals surface area contributed by atoms with Crippen molar-refractivity contribution in [3.8, 4) is 0 Å². The molecule has 1 aromatic heterocycles. The smallest absolute Gasteiger partial charge is 0.237 e. The molecule has 0 bridgehead atoms. The first-order chi connectivity index (χ1) is 13.1. The van der Waals surface area contributed by atoms with E-state index in [4.69, 9.17) is 0 Å². The summed E-state index contributed by atoms with van der Waals surface area (Å²) in [5.41, 5.74) is 2.54. The minimum absolute atomic E-state index is 0.0571. The van der Waals surface area contributed by atoms with Gasteiger partial charge in [-0.05, 0) is 61.5 Å².